The average molecular weight is 295 g/mol. The number of rotatable bonds is 9. The van der Waals surface area contributed by atoms with E-state index >= 15 is 0 Å². The minimum absolute atomic E-state index is 0.435. The summed E-state index contributed by atoms with van der Waals surface area (Å²) in [7, 11) is 0. The van der Waals surface area contributed by atoms with Crippen LogP contribution in [0, 0.1) is 0 Å². The van der Waals surface area contributed by atoms with Crippen LogP contribution < -0.4 is 0 Å². The zero-order valence-corrected chi connectivity index (χ0v) is 12.9. The molecule has 0 aliphatic carbocycles. The van der Waals surface area contributed by atoms with Gasteiger partial charge in [0.25, 0.3) is 0 Å². The second-order valence-electron chi connectivity index (χ2n) is 5.25. The molecule has 0 unspecified atom stereocenters. The molecule has 2 aromatic rings. The van der Waals surface area contributed by atoms with Crippen LogP contribution in [-0.2, 0) is 6.54 Å². The van der Waals surface area contributed by atoms with Crippen LogP contribution >= 0.6 is 11.6 Å². The van der Waals surface area contributed by atoms with Crippen LogP contribution in [0.25, 0.3) is 11.2 Å². The molecule has 5 heteroatoms. The van der Waals surface area contributed by atoms with Crippen molar-refractivity contribution >= 4 is 22.8 Å². The maximum atomic E-state index is 5.99. The van der Waals surface area contributed by atoms with E-state index in [4.69, 9.17) is 11.6 Å². The molecule has 20 heavy (non-hydrogen) atoms. The van der Waals surface area contributed by atoms with Crippen LogP contribution in [0.5, 0.6) is 0 Å². The second kappa shape index (κ2) is 8.20. The molecule has 0 aliphatic heterocycles. The molecule has 4 nitrogen and oxygen atoms in total. The monoisotopic (exact) mass is 294 g/mol. The van der Waals surface area contributed by atoms with Gasteiger partial charge in [0.05, 0.1) is 6.33 Å². The van der Waals surface area contributed by atoms with Gasteiger partial charge in [0.2, 0.25) is 0 Å². The molecule has 0 spiro atoms. The lowest BCUT2D eigenvalue weighted by Gasteiger charge is -2.04. The van der Waals surface area contributed by atoms with Gasteiger partial charge in [0.1, 0.15) is 11.8 Å². The van der Waals surface area contributed by atoms with Crippen LogP contribution in [0.3, 0.4) is 0 Å². The first-order chi connectivity index (χ1) is 9.83. The third kappa shape index (κ3) is 4.17. The predicted octanol–water partition coefficient (Wildman–Crippen LogP) is 4.62. The van der Waals surface area contributed by atoms with Crippen molar-refractivity contribution in [2.45, 2.75) is 64.8 Å². The zero-order valence-electron chi connectivity index (χ0n) is 12.2. The third-order valence-electron chi connectivity index (χ3n) is 3.61. The SMILES string of the molecule is CCCCCCCCCCn1cnc2c(Cl)ncnc21. The van der Waals surface area contributed by atoms with Crippen LogP contribution in [0.4, 0.5) is 0 Å². The highest BCUT2D eigenvalue weighted by Gasteiger charge is 2.07. The van der Waals surface area contributed by atoms with Crippen molar-refractivity contribution < 1.29 is 0 Å². The molecular weight excluding hydrogens is 272 g/mol. The fourth-order valence-corrected chi connectivity index (χ4v) is 2.61. The summed E-state index contributed by atoms with van der Waals surface area (Å²) in [5, 5.41) is 0.435. The summed E-state index contributed by atoms with van der Waals surface area (Å²) in [5.41, 5.74) is 1.54. The third-order valence-corrected chi connectivity index (χ3v) is 3.89. The average Bonchev–Trinajstić information content (AvgIpc) is 2.87. The fourth-order valence-electron chi connectivity index (χ4n) is 2.43. The minimum atomic E-state index is 0.435. The van der Waals surface area contributed by atoms with Gasteiger partial charge < -0.3 is 4.57 Å². The molecule has 0 amide bonds. The van der Waals surface area contributed by atoms with E-state index in [0.717, 1.165) is 12.2 Å². The Balaban J connectivity index is 1.70. The largest absolute Gasteiger partial charge is 0.315 e. The Bertz CT molecular complexity index is 524. The first-order valence-corrected chi connectivity index (χ1v) is 8.02. The number of hydrogen-bond acceptors (Lipinski definition) is 3. The number of imidazole rings is 1. The van der Waals surface area contributed by atoms with E-state index in [1.165, 1.54) is 57.7 Å². The van der Waals surface area contributed by atoms with Gasteiger partial charge in [-0.25, -0.2) is 15.0 Å². The Morgan fingerprint density at radius 2 is 1.65 bits per heavy atom. The molecule has 0 bridgehead atoms. The van der Waals surface area contributed by atoms with Crippen LogP contribution in [0.2, 0.25) is 5.15 Å². The topological polar surface area (TPSA) is 43.6 Å². The Kier molecular flexibility index (Phi) is 6.25. The molecule has 2 heterocycles. The molecule has 2 aromatic heterocycles. The Labute approximate surface area is 125 Å². The lowest BCUT2D eigenvalue weighted by atomic mass is 10.1. The summed E-state index contributed by atoms with van der Waals surface area (Å²) in [6, 6.07) is 0. The molecule has 0 radical (unpaired) electrons. The molecule has 0 fully saturated rings. The first kappa shape index (κ1) is 15.2. The molecule has 110 valence electrons. The molecule has 0 saturated heterocycles. The standard InChI is InChI=1S/C15H23ClN4/c1-2-3-4-5-6-7-8-9-10-20-12-19-13-14(16)17-11-18-15(13)20/h11-12H,2-10H2,1H3. The summed E-state index contributed by atoms with van der Waals surface area (Å²) in [6.07, 6.45) is 13.9. The predicted molar refractivity (Wildman–Crippen MR) is 82.9 cm³/mol. The smallest absolute Gasteiger partial charge is 0.164 e. The number of aromatic nitrogens is 4. The van der Waals surface area contributed by atoms with E-state index < -0.39 is 0 Å². The van der Waals surface area contributed by atoms with Gasteiger partial charge in [-0.2, -0.15) is 0 Å². The zero-order chi connectivity index (χ0) is 14.2. The normalized spacial score (nSPS) is 11.3. The van der Waals surface area contributed by atoms with Crippen molar-refractivity contribution in [2.24, 2.45) is 0 Å². The number of hydrogen-bond donors (Lipinski definition) is 0. The molecule has 0 aliphatic rings. The number of halogens is 1. The number of unbranched alkanes of at least 4 members (excludes halogenated alkanes) is 7. The molecule has 0 atom stereocenters. The molecule has 0 saturated carbocycles. The van der Waals surface area contributed by atoms with Gasteiger partial charge in [0.15, 0.2) is 10.8 Å². The summed E-state index contributed by atoms with van der Waals surface area (Å²) in [4.78, 5) is 12.5. The summed E-state index contributed by atoms with van der Waals surface area (Å²) in [6.45, 7) is 3.21. The number of fused-ring (bicyclic) bond motifs is 1. The first-order valence-electron chi connectivity index (χ1n) is 7.64. The highest BCUT2D eigenvalue weighted by molar-refractivity contribution is 6.33. The highest BCUT2D eigenvalue weighted by atomic mass is 35.5. The van der Waals surface area contributed by atoms with E-state index in [2.05, 4.69) is 26.4 Å². The van der Waals surface area contributed by atoms with Crippen molar-refractivity contribution in [3.63, 3.8) is 0 Å². The van der Waals surface area contributed by atoms with Gasteiger partial charge >= 0.3 is 0 Å². The molecule has 0 N–H and O–H groups in total. The molecule has 2 rings (SSSR count). The summed E-state index contributed by atoms with van der Waals surface area (Å²) >= 11 is 5.99. The lowest BCUT2D eigenvalue weighted by molar-refractivity contribution is 0.547. The maximum Gasteiger partial charge on any atom is 0.164 e. The lowest BCUT2D eigenvalue weighted by Crippen LogP contribution is -1.98. The Morgan fingerprint density at radius 3 is 2.40 bits per heavy atom. The van der Waals surface area contributed by atoms with E-state index in [0.29, 0.717) is 10.7 Å². The molecule has 0 aromatic carbocycles. The van der Waals surface area contributed by atoms with Gasteiger partial charge in [-0.15, -0.1) is 0 Å². The van der Waals surface area contributed by atoms with Gasteiger partial charge in [0, 0.05) is 6.54 Å². The van der Waals surface area contributed by atoms with E-state index in [-0.39, 0.29) is 0 Å². The van der Waals surface area contributed by atoms with Crippen LogP contribution in [0.15, 0.2) is 12.7 Å². The van der Waals surface area contributed by atoms with Crippen molar-refractivity contribution in [3.8, 4) is 0 Å². The van der Waals surface area contributed by atoms with E-state index in [9.17, 15) is 0 Å². The van der Waals surface area contributed by atoms with Crippen molar-refractivity contribution in [1.82, 2.24) is 19.5 Å². The number of aryl methyl sites for hydroxylation is 1. The Hall–Kier alpha value is -1.16. The van der Waals surface area contributed by atoms with Crippen molar-refractivity contribution in [2.75, 3.05) is 0 Å². The van der Waals surface area contributed by atoms with E-state index in [1.54, 1.807) is 0 Å². The second-order valence-corrected chi connectivity index (χ2v) is 5.61. The molecular formula is C15H23ClN4. The fraction of sp³-hybridized carbons (Fsp3) is 0.667. The van der Waals surface area contributed by atoms with Crippen LogP contribution in [-0.4, -0.2) is 19.5 Å². The minimum Gasteiger partial charge on any atom is -0.315 e. The van der Waals surface area contributed by atoms with Crippen LogP contribution in [0.1, 0.15) is 58.3 Å². The quantitative estimate of drug-likeness (QED) is 0.500. The summed E-state index contributed by atoms with van der Waals surface area (Å²) in [5.74, 6) is 0. The summed E-state index contributed by atoms with van der Waals surface area (Å²) < 4.78 is 2.07. The van der Waals surface area contributed by atoms with Crippen molar-refractivity contribution in [3.05, 3.63) is 17.8 Å². The van der Waals surface area contributed by atoms with Crippen molar-refractivity contribution in [1.29, 1.82) is 0 Å². The number of nitrogens with zero attached hydrogens (tertiary/aromatic N) is 4. The van der Waals surface area contributed by atoms with E-state index in [1.807, 2.05) is 6.33 Å². The Morgan fingerprint density at radius 1 is 0.950 bits per heavy atom. The highest BCUT2D eigenvalue weighted by Crippen LogP contribution is 2.17. The van der Waals surface area contributed by atoms with Gasteiger partial charge in [-0.05, 0) is 6.42 Å². The van der Waals surface area contributed by atoms with Gasteiger partial charge in [-0.1, -0.05) is 63.5 Å². The maximum absolute atomic E-state index is 5.99. The van der Waals surface area contributed by atoms with Gasteiger partial charge in [-0.3, -0.25) is 0 Å².